The van der Waals surface area contributed by atoms with Gasteiger partial charge in [0.15, 0.2) is 11.5 Å². The number of aliphatic hydroxyl groups excluding tert-OH is 1. The highest BCUT2D eigenvalue weighted by molar-refractivity contribution is 6.46. The van der Waals surface area contributed by atoms with Gasteiger partial charge in [-0.2, -0.15) is 0 Å². The quantitative estimate of drug-likeness (QED) is 0.396. The molecule has 7 heteroatoms. The van der Waals surface area contributed by atoms with Gasteiger partial charge in [0, 0.05) is 11.6 Å². The van der Waals surface area contributed by atoms with Gasteiger partial charge in [0.2, 0.25) is 0 Å². The zero-order valence-corrected chi connectivity index (χ0v) is 19.2. The fourth-order valence-electron chi connectivity index (χ4n) is 4.86. The summed E-state index contributed by atoms with van der Waals surface area (Å²) in [4.78, 5) is 28.2. The predicted molar refractivity (Wildman–Crippen MR) is 124 cm³/mol. The van der Waals surface area contributed by atoms with Crippen LogP contribution in [0.25, 0.3) is 5.76 Å². The first kappa shape index (κ1) is 22.7. The molecule has 7 nitrogen and oxygen atoms in total. The number of amides is 1. The third-order valence-electron chi connectivity index (χ3n) is 6.51. The summed E-state index contributed by atoms with van der Waals surface area (Å²) in [5.74, 6) is 0.0488. The molecule has 0 bridgehead atoms. The van der Waals surface area contributed by atoms with Crippen LogP contribution in [0.3, 0.4) is 0 Å². The van der Waals surface area contributed by atoms with Crippen LogP contribution in [0.2, 0.25) is 0 Å². The number of carbonyl (C=O) groups is 2. The minimum atomic E-state index is -0.698. The number of hydrogen-bond acceptors (Lipinski definition) is 6. The lowest BCUT2D eigenvalue weighted by Gasteiger charge is -2.35. The van der Waals surface area contributed by atoms with Gasteiger partial charge in [-0.15, -0.1) is 0 Å². The Labute approximate surface area is 193 Å². The molecule has 1 amide bonds. The molecule has 1 aliphatic heterocycles. The maximum absolute atomic E-state index is 13.3. The number of ketones is 1. The van der Waals surface area contributed by atoms with Crippen molar-refractivity contribution in [1.29, 1.82) is 0 Å². The van der Waals surface area contributed by atoms with Crippen LogP contribution in [-0.2, 0) is 9.59 Å². The van der Waals surface area contributed by atoms with E-state index in [9.17, 15) is 14.7 Å². The van der Waals surface area contributed by atoms with E-state index in [1.165, 1.54) is 14.2 Å². The summed E-state index contributed by atoms with van der Waals surface area (Å²) in [5, 5.41) is 11.3. The summed E-state index contributed by atoms with van der Waals surface area (Å²) < 4.78 is 16.0. The van der Waals surface area contributed by atoms with Crippen molar-refractivity contribution in [2.75, 3.05) is 21.3 Å². The minimum Gasteiger partial charge on any atom is -0.507 e. The Kier molecular flexibility index (Phi) is 6.58. The number of likely N-dealkylation sites (tertiary alicyclic amines) is 1. The predicted octanol–water partition coefficient (Wildman–Crippen LogP) is 4.47. The first-order chi connectivity index (χ1) is 16.0. The summed E-state index contributed by atoms with van der Waals surface area (Å²) in [6.07, 6.45) is 4.81. The van der Waals surface area contributed by atoms with Crippen molar-refractivity contribution in [3.63, 3.8) is 0 Å². The van der Waals surface area contributed by atoms with E-state index in [-0.39, 0.29) is 17.4 Å². The van der Waals surface area contributed by atoms with Gasteiger partial charge in [-0.05, 0) is 48.7 Å². The molecule has 1 N–H and O–H groups in total. The van der Waals surface area contributed by atoms with Crippen molar-refractivity contribution in [3.8, 4) is 17.2 Å². The largest absolute Gasteiger partial charge is 0.507 e. The SMILES string of the molecule is COc1cccc(C2/C(=C(/O)c3ccc(OC)c(OC)c3)C(=O)C(=O)N2C2CCCCC2)c1. The van der Waals surface area contributed by atoms with Gasteiger partial charge in [0.05, 0.1) is 32.9 Å². The van der Waals surface area contributed by atoms with E-state index in [4.69, 9.17) is 14.2 Å². The lowest BCUT2D eigenvalue weighted by atomic mass is 9.91. The Balaban J connectivity index is 1.88. The van der Waals surface area contributed by atoms with Crippen molar-refractivity contribution in [2.24, 2.45) is 0 Å². The van der Waals surface area contributed by atoms with E-state index in [0.717, 1.165) is 37.7 Å². The summed E-state index contributed by atoms with van der Waals surface area (Å²) >= 11 is 0. The molecule has 4 rings (SSSR count). The van der Waals surface area contributed by atoms with Crippen LogP contribution in [0.1, 0.15) is 49.3 Å². The highest BCUT2D eigenvalue weighted by Gasteiger charge is 2.49. The second-order valence-corrected chi connectivity index (χ2v) is 8.34. The van der Waals surface area contributed by atoms with Gasteiger partial charge in [-0.25, -0.2) is 0 Å². The van der Waals surface area contributed by atoms with Crippen molar-refractivity contribution in [2.45, 2.75) is 44.2 Å². The number of ether oxygens (including phenoxy) is 3. The molecule has 1 aliphatic carbocycles. The fourth-order valence-corrected chi connectivity index (χ4v) is 4.86. The number of carbonyl (C=O) groups excluding carboxylic acids is 2. The average Bonchev–Trinajstić information content (AvgIpc) is 3.13. The molecule has 2 aromatic carbocycles. The molecule has 1 saturated heterocycles. The number of methoxy groups -OCH3 is 3. The highest BCUT2D eigenvalue weighted by Crippen LogP contribution is 2.44. The Morgan fingerprint density at radius 1 is 0.909 bits per heavy atom. The van der Waals surface area contributed by atoms with Gasteiger partial charge in [0.25, 0.3) is 11.7 Å². The van der Waals surface area contributed by atoms with Crippen molar-refractivity contribution >= 4 is 17.4 Å². The smallest absolute Gasteiger partial charge is 0.295 e. The molecule has 2 fully saturated rings. The standard InChI is InChI=1S/C26H29NO6/c1-31-19-11-7-8-16(14-19)23-22(24(28)17-12-13-20(32-2)21(15-17)33-3)25(29)26(30)27(23)18-9-5-4-6-10-18/h7-8,11-15,18,23,28H,4-6,9-10H2,1-3H3/b24-22-. The highest BCUT2D eigenvalue weighted by atomic mass is 16.5. The van der Waals surface area contributed by atoms with E-state index >= 15 is 0 Å². The summed E-state index contributed by atoms with van der Waals surface area (Å²) in [5.41, 5.74) is 1.18. The average molecular weight is 452 g/mol. The van der Waals surface area contributed by atoms with Gasteiger partial charge in [-0.3, -0.25) is 9.59 Å². The minimum absolute atomic E-state index is 0.0536. The number of aliphatic hydroxyl groups is 1. The molecule has 0 spiro atoms. The normalized spacial score (nSPS) is 20.7. The van der Waals surface area contributed by atoms with Crippen LogP contribution in [0.4, 0.5) is 0 Å². The summed E-state index contributed by atoms with van der Waals surface area (Å²) in [6, 6.07) is 11.5. The van der Waals surface area contributed by atoms with Crippen molar-refractivity contribution in [3.05, 3.63) is 59.2 Å². The van der Waals surface area contributed by atoms with Crippen molar-refractivity contribution < 1.29 is 28.9 Å². The molecule has 33 heavy (non-hydrogen) atoms. The van der Waals surface area contributed by atoms with Crippen LogP contribution in [-0.4, -0.2) is 49.1 Å². The molecule has 0 aromatic heterocycles. The van der Waals surface area contributed by atoms with Gasteiger partial charge in [0.1, 0.15) is 11.5 Å². The lowest BCUT2D eigenvalue weighted by Crippen LogP contribution is -2.40. The van der Waals surface area contributed by atoms with Crippen molar-refractivity contribution in [1.82, 2.24) is 4.90 Å². The molecular weight excluding hydrogens is 422 g/mol. The Bertz CT molecular complexity index is 1090. The third-order valence-corrected chi connectivity index (χ3v) is 6.51. The van der Waals surface area contributed by atoms with Crippen LogP contribution < -0.4 is 14.2 Å². The number of rotatable bonds is 6. The van der Waals surface area contributed by atoms with Crippen LogP contribution in [0.5, 0.6) is 17.2 Å². The third kappa shape index (κ3) is 4.15. The van der Waals surface area contributed by atoms with E-state index in [1.54, 1.807) is 30.2 Å². The Morgan fingerprint density at radius 2 is 1.64 bits per heavy atom. The first-order valence-corrected chi connectivity index (χ1v) is 11.2. The van der Waals surface area contributed by atoms with Crippen LogP contribution >= 0.6 is 0 Å². The zero-order valence-electron chi connectivity index (χ0n) is 19.2. The Morgan fingerprint density at radius 3 is 2.30 bits per heavy atom. The number of benzene rings is 2. The molecule has 1 unspecified atom stereocenters. The number of hydrogen-bond donors (Lipinski definition) is 1. The second kappa shape index (κ2) is 9.57. The molecule has 2 aliphatic rings. The summed E-state index contributed by atoms with van der Waals surface area (Å²) in [6.45, 7) is 0. The molecule has 1 saturated carbocycles. The molecule has 2 aromatic rings. The van der Waals surface area contributed by atoms with Gasteiger partial charge in [-0.1, -0.05) is 31.4 Å². The molecule has 1 atom stereocenters. The van der Waals surface area contributed by atoms with Crippen LogP contribution in [0, 0.1) is 0 Å². The van der Waals surface area contributed by atoms with Crippen LogP contribution in [0.15, 0.2) is 48.0 Å². The summed E-state index contributed by atoms with van der Waals surface area (Å²) in [7, 11) is 4.59. The van der Waals surface area contributed by atoms with E-state index in [1.807, 2.05) is 24.3 Å². The monoisotopic (exact) mass is 451 g/mol. The maximum atomic E-state index is 13.3. The maximum Gasteiger partial charge on any atom is 0.295 e. The molecule has 1 heterocycles. The molecule has 0 radical (unpaired) electrons. The zero-order chi connectivity index (χ0) is 23.5. The molecule has 174 valence electrons. The second-order valence-electron chi connectivity index (χ2n) is 8.34. The van der Waals surface area contributed by atoms with E-state index < -0.39 is 17.7 Å². The Hall–Kier alpha value is -3.48. The molecular formula is C26H29NO6. The fraction of sp³-hybridized carbons (Fsp3) is 0.385. The lowest BCUT2D eigenvalue weighted by molar-refractivity contribution is -0.141. The first-order valence-electron chi connectivity index (χ1n) is 11.2. The number of Topliss-reactive ketones (excluding diaryl/α,β-unsaturated/α-hetero) is 1. The van der Waals surface area contributed by atoms with Gasteiger partial charge >= 0.3 is 0 Å². The van der Waals surface area contributed by atoms with E-state index in [0.29, 0.717) is 22.8 Å². The van der Waals surface area contributed by atoms with E-state index in [2.05, 4.69) is 0 Å². The topological polar surface area (TPSA) is 85.3 Å². The number of nitrogens with zero attached hydrogens (tertiary/aromatic N) is 1. The van der Waals surface area contributed by atoms with Gasteiger partial charge < -0.3 is 24.2 Å².